The highest BCUT2D eigenvalue weighted by Crippen LogP contribution is 2.27. The Hall–Kier alpha value is -1.63. The maximum absolute atomic E-state index is 12.0. The first-order valence-corrected chi connectivity index (χ1v) is 6.90. The molecular formula is C13H22N2O5. The van der Waals surface area contributed by atoms with Crippen LogP contribution >= 0.6 is 0 Å². The van der Waals surface area contributed by atoms with Crippen molar-refractivity contribution in [3.8, 4) is 0 Å². The lowest BCUT2D eigenvalue weighted by Gasteiger charge is -2.30. The summed E-state index contributed by atoms with van der Waals surface area (Å²) in [6.45, 7) is 0. The van der Waals surface area contributed by atoms with Gasteiger partial charge in [-0.2, -0.15) is 0 Å². The van der Waals surface area contributed by atoms with Crippen molar-refractivity contribution < 1.29 is 24.6 Å². The summed E-state index contributed by atoms with van der Waals surface area (Å²) in [5.74, 6) is -2.66. The molecule has 5 N–H and O–H groups in total. The van der Waals surface area contributed by atoms with Gasteiger partial charge in [0.2, 0.25) is 5.91 Å². The monoisotopic (exact) mass is 286 g/mol. The van der Waals surface area contributed by atoms with Gasteiger partial charge in [0.25, 0.3) is 0 Å². The number of aliphatic carboxylic acids is 2. The van der Waals surface area contributed by atoms with Crippen LogP contribution in [0.15, 0.2) is 0 Å². The molecule has 0 bridgehead atoms. The predicted molar refractivity (Wildman–Crippen MR) is 71.1 cm³/mol. The Kier molecular flexibility index (Phi) is 5.94. The highest BCUT2D eigenvalue weighted by Gasteiger charge is 2.40. The van der Waals surface area contributed by atoms with Gasteiger partial charge < -0.3 is 21.3 Å². The van der Waals surface area contributed by atoms with Crippen LogP contribution in [-0.4, -0.2) is 39.6 Å². The van der Waals surface area contributed by atoms with Gasteiger partial charge in [-0.15, -0.1) is 0 Å². The molecule has 1 atom stereocenters. The van der Waals surface area contributed by atoms with E-state index in [1.54, 1.807) is 0 Å². The third kappa shape index (κ3) is 4.48. The maximum atomic E-state index is 12.0. The minimum Gasteiger partial charge on any atom is -0.481 e. The van der Waals surface area contributed by atoms with Gasteiger partial charge in [-0.05, 0) is 19.3 Å². The smallest absolute Gasteiger partial charge is 0.329 e. The minimum absolute atomic E-state index is 0.00311. The molecule has 20 heavy (non-hydrogen) atoms. The van der Waals surface area contributed by atoms with Gasteiger partial charge in [0.15, 0.2) is 0 Å². The number of amides is 1. The summed E-state index contributed by atoms with van der Waals surface area (Å²) in [6.07, 6.45) is 3.96. The van der Waals surface area contributed by atoms with E-state index in [4.69, 9.17) is 10.8 Å². The molecule has 1 fully saturated rings. The molecule has 7 heteroatoms. The van der Waals surface area contributed by atoms with E-state index in [0.29, 0.717) is 12.8 Å². The molecule has 0 aromatic rings. The van der Waals surface area contributed by atoms with Crippen molar-refractivity contribution in [3.63, 3.8) is 0 Å². The molecule has 0 heterocycles. The number of carbonyl (C=O) groups is 3. The number of nitrogens with one attached hydrogen (secondary N) is 1. The summed E-state index contributed by atoms with van der Waals surface area (Å²) in [5, 5.41) is 20.5. The van der Waals surface area contributed by atoms with Gasteiger partial charge in [0, 0.05) is 6.42 Å². The highest BCUT2D eigenvalue weighted by molar-refractivity contribution is 5.89. The highest BCUT2D eigenvalue weighted by atomic mass is 16.4. The van der Waals surface area contributed by atoms with Crippen molar-refractivity contribution in [3.05, 3.63) is 0 Å². The van der Waals surface area contributed by atoms with E-state index in [0.717, 1.165) is 25.7 Å². The first kappa shape index (κ1) is 16.4. The molecule has 1 rings (SSSR count). The van der Waals surface area contributed by atoms with Crippen LogP contribution in [0.3, 0.4) is 0 Å². The molecule has 1 aliphatic rings. The zero-order valence-electron chi connectivity index (χ0n) is 11.4. The molecule has 1 amide bonds. The maximum Gasteiger partial charge on any atom is 0.329 e. The Balaban J connectivity index is 2.67. The molecule has 0 aliphatic heterocycles. The zero-order valence-corrected chi connectivity index (χ0v) is 11.4. The topological polar surface area (TPSA) is 130 Å². The van der Waals surface area contributed by atoms with Crippen molar-refractivity contribution in [2.24, 2.45) is 5.73 Å². The second-order valence-electron chi connectivity index (χ2n) is 5.33. The fourth-order valence-corrected chi connectivity index (χ4v) is 2.46. The Morgan fingerprint density at radius 1 is 1.10 bits per heavy atom. The van der Waals surface area contributed by atoms with Crippen molar-refractivity contribution >= 4 is 17.8 Å². The fraction of sp³-hybridized carbons (Fsp3) is 0.769. The first-order chi connectivity index (χ1) is 9.37. The quantitative estimate of drug-likeness (QED) is 0.525. The van der Waals surface area contributed by atoms with Gasteiger partial charge in [0.1, 0.15) is 5.54 Å². The van der Waals surface area contributed by atoms with E-state index in [1.807, 2.05) is 0 Å². The first-order valence-electron chi connectivity index (χ1n) is 6.90. The van der Waals surface area contributed by atoms with Crippen LogP contribution in [-0.2, 0) is 14.4 Å². The Morgan fingerprint density at radius 2 is 1.65 bits per heavy atom. The fourth-order valence-electron chi connectivity index (χ4n) is 2.46. The lowest BCUT2D eigenvalue weighted by molar-refractivity contribution is -0.148. The molecule has 1 unspecified atom stereocenters. The van der Waals surface area contributed by atoms with Crippen molar-refractivity contribution in [1.82, 2.24) is 5.32 Å². The summed E-state index contributed by atoms with van der Waals surface area (Å²) in [6, 6.07) is -0.995. The van der Waals surface area contributed by atoms with E-state index in [1.165, 1.54) is 0 Å². The minimum atomic E-state index is -1.26. The van der Waals surface area contributed by atoms with E-state index in [-0.39, 0.29) is 12.8 Å². The Morgan fingerprint density at radius 3 is 2.10 bits per heavy atom. The van der Waals surface area contributed by atoms with Crippen LogP contribution in [0, 0.1) is 0 Å². The molecule has 1 aliphatic carbocycles. The average molecular weight is 286 g/mol. The summed E-state index contributed by atoms with van der Waals surface area (Å²) in [7, 11) is 0. The number of nitrogens with two attached hydrogens (primary N) is 1. The number of carboxylic acids is 2. The van der Waals surface area contributed by atoms with Crippen LogP contribution < -0.4 is 11.1 Å². The lowest BCUT2D eigenvalue weighted by Crippen LogP contribution is -2.58. The van der Waals surface area contributed by atoms with Crippen LogP contribution in [0.1, 0.15) is 51.4 Å². The zero-order chi connectivity index (χ0) is 15.2. The normalized spacial score (nSPS) is 19.6. The molecule has 0 aromatic carbocycles. The second-order valence-corrected chi connectivity index (χ2v) is 5.33. The largest absolute Gasteiger partial charge is 0.481 e. The van der Waals surface area contributed by atoms with Crippen LogP contribution in [0.4, 0.5) is 0 Å². The van der Waals surface area contributed by atoms with E-state index in [9.17, 15) is 19.5 Å². The number of hydrogen-bond acceptors (Lipinski definition) is 4. The second kappa shape index (κ2) is 7.23. The average Bonchev–Trinajstić information content (AvgIpc) is 2.62. The molecule has 0 saturated heterocycles. The van der Waals surface area contributed by atoms with Crippen LogP contribution in [0.5, 0.6) is 0 Å². The van der Waals surface area contributed by atoms with Crippen molar-refractivity contribution in [2.75, 3.05) is 0 Å². The standard InChI is InChI=1S/C13H22N2O5/c14-9(5-6-10(16)17)11(18)15-13(12(19)20)7-3-1-2-4-8-13/h9H,1-8,14H2,(H,15,18)(H,16,17)(H,19,20). The van der Waals surface area contributed by atoms with E-state index >= 15 is 0 Å². The van der Waals surface area contributed by atoms with Gasteiger partial charge >= 0.3 is 11.9 Å². The van der Waals surface area contributed by atoms with E-state index < -0.39 is 29.4 Å². The summed E-state index contributed by atoms with van der Waals surface area (Å²) < 4.78 is 0. The summed E-state index contributed by atoms with van der Waals surface area (Å²) in [5.41, 5.74) is 4.36. The lowest BCUT2D eigenvalue weighted by atomic mass is 9.89. The molecule has 114 valence electrons. The van der Waals surface area contributed by atoms with E-state index in [2.05, 4.69) is 5.32 Å². The number of carbonyl (C=O) groups excluding carboxylic acids is 1. The predicted octanol–water partition coefficient (Wildman–Crippen LogP) is 0.472. The van der Waals surface area contributed by atoms with Crippen LogP contribution in [0.2, 0.25) is 0 Å². The summed E-state index contributed by atoms with van der Waals surface area (Å²) in [4.78, 5) is 33.9. The molecule has 0 spiro atoms. The Bertz CT molecular complexity index is 375. The summed E-state index contributed by atoms with van der Waals surface area (Å²) >= 11 is 0. The van der Waals surface area contributed by atoms with Gasteiger partial charge in [-0.1, -0.05) is 25.7 Å². The molecule has 1 saturated carbocycles. The number of carboxylic acid groups (broad SMARTS) is 2. The molecule has 7 nitrogen and oxygen atoms in total. The SMILES string of the molecule is NC(CCC(=O)O)C(=O)NC1(C(=O)O)CCCCCC1. The van der Waals surface area contributed by atoms with Gasteiger partial charge in [-0.3, -0.25) is 9.59 Å². The third-order valence-corrected chi connectivity index (χ3v) is 3.73. The number of hydrogen-bond donors (Lipinski definition) is 4. The van der Waals surface area contributed by atoms with Crippen LogP contribution in [0.25, 0.3) is 0 Å². The van der Waals surface area contributed by atoms with Crippen molar-refractivity contribution in [2.45, 2.75) is 62.9 Å². The number of rotatable bonds is 6. The van der Waals surface area contributed by atoms with Gasteiger partial charge in [0.05, 0.1) is 6.04 Å². The molecule has 0 radical (unpaired) electrons. The Labute approximate surface area is 117 Å². The van der Waals surface area contributed by atoms with Crippen molar-refractivity contribution in [1.29, 1.82) is 0 Å². The molecular weight excluding hydrogens is 264 g/mol. The molecule has 0 aromatic heterocycles. The van der Waals surface area contributed by atoms with Gasteiger partial charge in [-0.25, -0.2) is 4.79 Å². The third-order valence-electron chi connectivity index (χ3n) is 3.73.